The minimum atomic E-state index is -0.352. The summed E-state index contributed by atoms with van der Waals surface area (Å²) in [6, 6.07) is 14.8. The molecule has 3 N–H and O–H groups in total. The zero-order valence-electron chi connectivity index (χ0n) is 18.8. The van der Waals surface area contributed by atoms with Crippen molar-refractivity contribution in [2.45, 2.75) is 26.0 Å². The standard InChI is InChI=1S/C27H25FN2O4/c1-2-33-25(31)11-16-5-4-8-23-27(16)34-24(13-30-23)18-9-19-14-32-15-22(19)21(10-18)20-7-3-6-17(12-29)26(20)28/h3-10,14-15,24,30H,2,11-13,29H2,1H3/t24-/m0/s1. The second-order valence-electron chi connectivity index (χ2n) is 8.19. The number of hydrogen-bond donors (Lipinski definition) is 2. The van der Waals surface area contributed by atoms with Gasteiger partial charge in [0.15, 0.2) is 0 Å². The summed E-state index contributed by atoms with van der Waals surface area (Å²) in [5, 5.41) is 5.05. The van der Waals surface area contributed by atoms with Gasteiger partial charge < -0.3 is 24.9 Å². The molecule has 0 spiro atoms. The number of halogens is 1. The van der Waals surface area contributed by atoms with Crippen LogP contribution in [-0.4, -0.2) is 19.1 Å². The summed E-state index contributed by atoms with van der Waals surface area (Å²) >= 11 is 0. The topological polar surface area (TPSA) is 86.7 Å². The fourth-order valence-electron chi connectivity index (χ4n) is 4.40. The van der Waals surface area contributed by atoms with Gasteiger partial charge >= 0.3 is 5.97 Å². The van der Waals surface area contributed by atoms with E-state index in [9.17, 15) is 4.79 Å². The number of carbonyl (C=O) groups is 1. The van der Waals surface area contributed by atoms with Crippen molar-refractivity contribution < 1.29 is 23.1 Å². The highest BCUT2D eigenvalue weighted by Crippen LogP contribution is 2.40. The van der Waals surface area contributed by atoms with Gasteiger partial charge in [-0.25, -0.2) is 4.39 Å². The number of hydrogen-bond acceptors (Lipinski definition) is 6. The van der Waals surface area contributed by atoms with Gasteiger partial charge in [-0.2, -0.15) is 0 Å². The maximum atomic E-state index is 15.2. The summed E-state index contributed by atoms with van der Waals surface area (Å²) in [4.78, 5) is 12.1. The largest absolute Gasteiger partial charge is 0.481 e. The van der Waals surface area contributed by atoms with E-state index in [1.54, 1.807) is 37.6 Å². The van der Waals surface area contributed by atoms with Crippen LogP contribution in [-0.2, 0) is 22.5 Å². The van der Waals surface area contributed by atoms with E-state index in [0.29, 0.717) is 35.6 Å². The Morgan fingerprint density at radius 3 is 2.79 bits per heavy atom. The fraction of sp³-hybridized carbons (Fsp3) is 0.222. The minimum Gasteiger partial charge on any atom is -0.481 e. The molecule has 34 heavy (non-hydrogen) atoms. The Morgan fingerprint density at radius 2 is 1.97 bits per heavy atom. The lowest BCUT2D eigenvalue weighted by atomic mass is 9.94. The summed E-state index contributed by atoms with van der Waals surface area (Å²) in [6.45, 7) is 2.74. The minimum absolute atomic E-state index is 0.115. The molecule has 0 fully saturated rings. The van der Waals surface area contributed by atoms with Crippen LogP contribution in [0.25, 0.3) is 21.9 Å². The first-order valence-corrected chi connectivity index (χ1v) is 11.2. The third-order valence-electron chi connectivity index (χ3n) is 6.05. The molecular formula is C27H25FN2O4. The maximum Gasteiger partial charge on any atom is 0.310 e. The molecule has 3 aromatic carbocycles. The number of anilines is 1. The fourth-order valence-corrected chi connectivity index (χ4v) is 4.40. The van der Waals surface area contributed by atoms with Gasteiger partial charge in [0, 0.05) is 34.0 Å². The molecule has 0 aliphatic carbocycles. The van der Waals surface area contributed by atoms with Crippen LogP contribution in [0.5, 0.6) is 5.75 Å². The molecular weight excluding hydrogens is 435 g/mol. The Kier molecular flexibility index (Phi) is 5.94. The van der Waals surface area contributed by atoms with Crippen molar-refractivity contribution in [1.82, 2.24) is 0 Å². The Labute approximate surface area is 196 Å². The number of carbonyl (C=O) groups excluding carboxylic acids is 1. The molecule has 0 radical (unpaired) electrons. The smallest absolute Gasteiger partial charge is 0.310 e. The van der Waals surface area contributed by atoms with Crippen LogP contribution in [0.15, 0.2) is 65.5 Å². The predicted molar refractivity (Wildman–Crippen MR) is 128 cm³/mol. The number of ether oxygens (including phenoxy) is 2. The van der Waals surface area contributed by atoms with E-state index < -0.39 is 0 Å². The first-order valence-electron chi connectivity index (χ1n) is 11.2. The van der Waals surface area contributed by atoms with Crippen molar-refractivity contribution in [3.8, 4) is 16.9 Å². The van der Waals surface area contributed by atoms with E-state index in [1.165, 1.54) is 0 Å². The number of para-hydroxylation sites is 1. The highest BCUT2D eigenvalue weighted by atomic mass is 19.1. The van der Waals surface area contributed by atoms with Gasteiger partial charge in [-0.05, 0) is 36.2 Å². The van der Waals surface area contributed by atoms with Gasteiger partial charge in [0.25, 0.3) is 0 Å². The van der Waals surface area contributed by atoms with Crippen molar-refractivity contribution in [2.24, 2.45) is 5.73 Å². The summed E-state index contributed by atoms with van der Waals surface area (Å²) in [6.07, 6.45) is 3.03. The van der Waals surface area contributed by atoms with Crippen LogP contribution in [0.1, 0.15) is 29.7 Å². The van der Waals surface area contributed by atoms with Crippen molar-refractivity contribution in [2.75, 3.05) is 18.5 Å². The number of fused-ring (bicyclic) bond motifs is 2. The molecule has 1 aliphatic heterocycles. The third kappa shape index (κ3) is 3.99. The quantitative estimate of drug-likeness (QED) is 0.377. The molecule has 6 nitrogen and oxygen atoms in total. The molecule has 2 heterocycles. The van der Waals surface area contributed by atoms with E-state index >= 15 is 4.39 Å². The lowest BCUT2D eigenvalue weighted by molar-refractivity contribution is -0.142. The van der Waals surface area contributed by atoms with Crippen molar-refractivity contribution in [3.05, 3.63) is 83.6 Å². The lowest BCUT2D eigenvalue weighted by Crippen LogP contribution is -2.25. The predicted octanol–water partition coefficient (Wildman–Crippen LogP) is 5.35. The van der Waals surface area contributed by atoms with Crippen molar-refractivity contribution >= 4 is 22.4 Å². The van der Waals surface area contributed by atoms with E-state index in [-0.39, 0.29) is 30.9 Å². The monoisotopic (exact) mass is 460 g/mol. The summed E-state index contributed by atoms with van der Waals surface area (Å²) < 4.78 is 32.2. The molecule has 0 amide bonds. The number of rotatable bonds is 6. The Bertz CT molecular complexity index is 1360. The molecule has 0 saturated carbocycles. The van der Waals surface area contributed by atoms with Crippen molar-refractivity contribution in [1.29, 1.82) is 0 Å². The molecule has 4 aromatic rings. The molecule has 0 saturated heterocycles. The van der Waals surface area contributed by atoms with E-state index in [4.69, 9.17) is 19.6 Å². The summed E-state index contributed by atoms with van der Waals surface area (Å²) in [5.74, 6) is -0.0228. The average molecular weight is 461 g/mol. The van der Waals surface area contributed by atoms with Crippen LogP contribution in [0, 0.1) is 5.82 Å². The third-order valence-corrected chi connectivity index (χ3v) is 6.05. The number of esters is 1. The average Bonchev–Trinajstić information content (AvgIpc) is 3.33. The lowest BCUT2D eigenvalue weighted by Gasteiger charge is -2.29. The van der Waals surface area contributed by atoms with E-state index in [2.05, 4.69) is 5.32 Å². The van der Waals surface area contributed by atoms with Gasteiger partial charge in [0.05, 0.1) is 37.8 Å². The second kappa shape index (κ2) is 9.19. The molecule has 1 atom stereocenters. The number of nitrogens with one attached hydrogen (secondary N) is 1. The molecule has 1 aromatic heterocycles. The zero-order chi connectivity index (χ0) is 23.7. The van der Waals surface area contributed by atoms with E-state index in [0.717, 1.165) is 27.6 Å². The van der Waals surface area contributed by atoms with Crippen LogP contribution >= 0.6 is 0 Å². The summed E-state index contributed by atoms with van der Waals surface area (Å²) in [5.41, 5.74) is 9.79. The van der Waals surface area contributed by atoms with Gasteiger partial charge in [-0.15, -0.1) is 0 Å². The van der Waals surface area contributed by atoms with Crippen LogP contribution < -0.4 is 15.8 Å². The normalized spacial score (nSPS) is 14.9. The van der Waals surface area contributed by atoms with Gasteiger partial charge in [0.2, 0.25) is 0 Å². The molecule has 174 valence electrons. The van der Waals surface area contributed by atoms with Crippen molar-refractivity contribution in [3.63, 3.8) is 0 Å². The Hall–Kier alpha value is -3.84. The number of furan rings is 1. The molecule has 5 rings (SSSR count). The Morgan fingerprint density at radius 1 is 1.15 bits per heavy atom. The molecule has 7 heteroatoms. The zero-order valence-corrected chi connectivity index (χ0v) is 18.8. The first-order chi connectivity index (χ1) is 16.6. The van der Waals surface area contributed by atoms with Gasteiger partial charge in [-0.3, -0.25) is 4.79 Å². The highest BCUT2D eigenvalue weighted by Gasteiger charge is 2.26. The number of nitrogens with two attached hydrogens (primary N) is 1. The maximum absolute atomic E-state index is 15.2. The highest BCUT2D eigenvalue weighted by molar-refractivity contribution is 5.97. The summed E-state index contributed by atoms with van der Waals surface area (Å²) in [7, 11) is 0. The van der Waals surface area contributed by atoms with E-state index in [1.807, 2.05) is 30.3 Å². The van der Waals surface area contributed by atoms with Gasteiger partial charge in [0.1, 0.15) is 17.7 Å². The molecule has 0 unspecified atom stereocenters. The second-order valence-corrected chi connectivity index (χ2v) is 8.19. The molecule has 0 bridgehead atoms. The van der Waals surface area contributed by atoms with Crippen LogP contribution in [0.2, 0.25) is 0 Å². The Balaban J connectivity index is 1.54. The first kappa shape index (κ1) is 22.0. The SMILES string of the molecule is CCOC(=O)Cc1cccc2c1O[C@H](c1cc(-c3cccc(CN)c3F)c3cocc3c1)CN2. The molecule has 1 aliphatic rings. The number of benzene rings is 3. The van der Waals surface area contributed by atoms with Gasteiger partial charge in [-0.1, -0.05) is 30.3 Å². The van der Waals surface area contributed by atoms with Crippen LogP contribution in [0.3, 0.4) is 0 Å². The van der Waals surface area contributed by atoms with Crippen LogP contribution in [0.4, 0.5) is 10.1 Å².